The normalized spacial score (nSPS) is 39.4. The summed E-state index contributed by atoms with van der Waals surface area (Å²) in [5, 5.41) is 10.2. The number of likely N-dealkylation sites (tertiary alicyclic amines) is 1. The van der Waals surface area contributed by atoms with Crippen molar-refractivity contribution in [3.63, 3.8) is 0 Å². The quantitative estimate of drug-likeness (QED) is 0.895. The smallest absolute Gasteiger partial charge is 0.136 e. The number of phenolic OH excluding ortho intramolecular Hbond substituents is 1. The first kappa shape index (κ1) is 16.8. The zero-order chi connectivity index (χ0) is 18.1. The van der Waals surface area contributed by atoms with E-state index in [1.54, 1.807) is 0 Å². The number of hydrogen-bond donors (Lipinski definition) is 1. The van der Waals surface area contributed by atoms with E-state index in [4.69, 9.17) is 0 Å². The molecule has 1 aromatic rings. The van der Waals surface area contributed by atoms with Crippen LogP contribution in [-0.2, 0) is 16.6 Å². The number of carbonyl (C=O) groups is 1. The summed E-state index contributed by atoms with van der Waals surface area (Å²) in [6, 6.07) is 6.52. The maximum absolute atomic E-state index is 13.0. The molecule has 0 radical (unpaired) electrons. The maximum atomic E-state index is 13.0. The predicted octanol–water partition coefficient (Wildman–Crippen LogP) is 3.92. The molecule has 3 nitrogen and oxygen atoms in total. The van der Waals surface area contributed by atoms with Gasteiger partial charge in [0.15, 0.2) is 0 Å². The van der Waals surface area contributed by atoms with Gasteiger partial charge in [-0.1, -0.05) is 26.3 Å². The van der Waals surface area contributed by atoms with Gasteiger partial charge in [-0.2, -0.15) is 0 Å². The summed E-state index contributed by atoms with van der Waals surface area (Å²) in [5.41, 5.74) is 2.63. The van der Waals surface area contributed by atoms with Crippen LogP contribution in [0.15, 0.2) is 18.2 Å². The van der Waals surface area contributed by atoms with Crippen LogP contribution in [0.5, 0.6) is 5.75 Å². The van der Waals surface area contributed by atoms with Gasteiger partial charge in [0.1, 0.15) is 11.5 Å². The van der Waals surface area contributed by atoms with E-state index in [0.717, 1.165) is 31.7 Å². The van der Waals surface area contributed by atoms with Gasteiger partial charge < -0.3 is 5.11 Å². The average molecular weight is 354 g/mol. The van der Waals surface area contributed by atoms with Crippen molar-refractivity contribution in [3.8, 4) is 5.75 Å². The van der Waals surface area contributed by atoms with Gasteiger partial charge >= 0.3 is 0 Å². The van der Waals surface area contributed by atoms with Crippen molar-refractivity contribution in [3.05, 3.63) is 29.3 Å². The minimum atomic E-state index is -0.0404. The van der Waals surface area contributed by atoms with E-state index in [2.05, 4.69) is 24.8 Å². The van der Waals surface area contributed by atoms with Crippen molar-refractivity contribution >= 4 is 5.78 Å². The lowest BCUT2D eigenvalue weighted by atomic mass is 9.47. The molecule has 1 saturated heterocycles. The van der Waals surface area contributed by atoms with Crippen LogP contribution in [0, 0.1) is 23.7 Å². The molecule has 3 fully saturated rings. The molecule has 1 aromatic carbocycles. The van der Waals surface area contributed by atoms with Crippen LogP contribution in [0.25, 0.3) is 0 Å². The number of fused-ring (bicyclic) bond motifs is 1. The van der Waals surface area contributed by atoms with Gasteiger partial charge in [0, 0.05) is 30.3 Å². The van der Waals surface area contributed by atoms with Crippen LogP contribution >= 0.6 is 0 Å². The zero-order valence-corrected chi connectivity index (χ0v) is 16.1. The first-order valence-corrected chi connectivity index (χ1v) is 10.6. The Morgan fingerprint density at radius 2 is 2.12 bits per heavy atom. The molecule has 3 aliphatic carbocycles. The number of phenols is 1. The van der Waals surface area contributed by atoms with E-state index in [1.165, 1.54) is 30.5 Å². The molecule has 26 heavy (non-hydrogen) atoms. The molecule has 1 aliphatic heterocycles. The molecule has 5 atom stereocenters. The van der Waals surface area contributed by atoms with Crippen molar-refractivity contribution in [1.29, 1.82) is 0 Å². The second-order valence-corrected chi connectivity index (χ2v) is 9.49. The van der Waals surface area contributed by atoms with E-state index in [1.807, 2.05) is 12.1 Å². The number of benzene rings is 1. The van der Waals surface area contributed by atoms with Gasteiger partial charge in [0.05, 0.1) is 0 Å². The molecule has 140 valence electrons. The summed E-state index contributed by atoms with van der Waals surface area (Å²) in [6.07, 6.45) is 6.73. The van der Waals surface area contributed by atoms with Crippen LogP contribution in [-0.4, -0.2) is 34.9 Å². The van der Waals surface area contributed by atoms with E-state index >= 15 is 0 Å². The maximum Gasteiger partial charge on any atom is 0.136 e. The third-order valence-electron chi connectivity index (χ3n) is 8.19. The molecule has 2 unspecified atom stereocenters. The molecule has 3 heteroatoms. The molecule has 2 saturated carbocycles. The Kier molecular flexibility index (Phi) is 3.76. The summed E-state index contributed by atoms with van der Waals surface area (Å²) < 4.78 is 0. The summed E-state index contributed by atoms with van der Waals surface area (Å²) in [7, 11) is 0. The lowest BCUT2D eigenvalue weighted by Crippen LogP contribution is -2.65. The second kappa shape index (κ2) is 5.82. The fourth-order valence-corrected chi connectivity index (χ4v) is 6.76. The van der Waals surface area contributed by atoms with Gasteiger partial charge in [-0.05, 0) is 73.2 Å². The van der Waals surface area contributed by atoms with Gasteiger partial charge in [-0.15, -0.1) is 0 Å². The fraction of sp³-hybridized carbons (Fsp3) is 0.696. The van der Waals surface area contributed by atoms with Crippen molar-refractivity contribution in [2.75, 3.05) is 13.1 Å². The molecule has 2 bridgehead atoms. The van der Waals surface area contributed by atoms with Crippen molar-refractivity contribution < 1.29 is 9.90 Å². The van der Waals surface area contributed by atoms with Crippen LogP contribution in [0.2, 0.25) is 0 Å². The van der Waals surface area contributed by atoms with Gasteiger partial charge in [-0.3, -0.25) is 9.69 Å². The van der Waals surface area contributed by atoms with Crippen molar-refractivity contribution in [2.24, 2.45) is 23.7 Å². The van der Waals surface area contributed by atoms with Gasteiger partial charge in [-0.25, -0.2) is 0 Å². The lowest BCUT2D eigenvalue weighted by molar-refractivity contribution is -0.139. The Morgan fingerprint density at radius 1 is 1.31 bits per heavy atom. The number of aromatic hydroxyl groups is 1. The molecule has 1 N–H and O–H groups in total. The number of rotatable bonds is 3. The standard InChI is InChI=1S/C23H31NO2/c1-3-18-14(2)21(26)12-23-8-9-24(13-15-4-5-15)20(22(18)23)10-16-6-7-17(25)11-19(16)23/h6-7,11,14-15,18,20,22,25H,3-5,8-10,12-13H2,1-2H3/t14-,18-,20?,22-,23?/m0/s1. The summed E-state index contributed by atoms with van der Waals surface area (Å²) >= 11 is 0. The Balaban J connectivity index is 1.65. The highest BCUT2D eigenvalue weighted by molar-refractivity contribution is 5.84. The Hall–Kier alpha value is -1.35. The molecular formula is C23H31NO2. The Morgan fingerprint density at radius 3 is 2.85 bits per heavy atom. The summed E-state index contributed by atoms with van der Waals surface area (Å²) in [4.78, 5) is 15.8. The van der Waals surface area contributed by atoms with E-state index in [0.29, 0.717) is 35.8 Å². The molecular weight excluding hydrogens is 322 g/mol. The van der Waals surface area contributed by atoms with E-state index < -0.39 is 0 Å². The molecule has 0 spiro atoms. The van der Waals surface area contributed by atoms with Crippen LogP contribution in [0.3, 0.4) is 0 Å². The van der Waals surface area contributed by atoms with Crippen LogP contribution in [0.1, 0.15) is 57.1 Å². The minimum Gasteiger partial charge on any atom is -0.508 e. The number of nitrogens with zero attached hydrogens (tertiary/aromatic N) is 1. The molecule has 1 heterocycles. The van der Waals surface area contributed by atoms with Gasteiger partial charge in [0.25, 0.3) is 0 Å². The van der Waals surface area contributed by atoms with E-state index in [9.17, 15) is 9.90 Å². The number of piperidine rings is 1. The molecule has 5 rings (SSSR count). The Bertz CT molecular complexity index is 740. The van der Waals surface area contributed by atoms with Crippen LogP contribution in [0.4, 0.5) is 0 Å². The number of carbonyl (C=O) groups excluding carboxylic acids is 1. The molecule has 4 aliphatic rings. The van der Waals surface area contributed by atoms with Crippen LogP contribution < -0.4 is 0 Å². The van der Waals surface area contributed by atoms with Crippen molar-refractivity contribution in [1.82, 2.24) is 4.90 Å². The fourth-order valence-electron chi connectivity index (χ4n) is 6.76. The first-order valence-electron chi connectivity index (χ1n) is 10.6. The topological polar surface area (TPSA) is 40.5 Å². The third-order valence-corrected chi connectivity index (χ3v) is 8.19. The Labute approximate surface area is 156 Å². The first-order chi connectivity index (χ1) is 12.5. The summed E-state index contributed by atoms with van der Waals surface area (Å²) in [5.74, 6) is 2.92. The molecule has 0 aromatic heterocycles. The zero-order valence-electron chi connectivity index (χ0n) is 16.1. The molecule has 0 amide bonds. The SMILES string of the molecule is CC[C@H]1[C@H](C)C(=O)CC23CCN(CC4CC4)C(Cc4ccc(O)cc42)[C@H]13. The minimum absolute atomic E-state index is 0.0404. The highest BCUT2D eigenvalue weighted by Gasteiger charge is 2.60. The second-order valence-electron chi connectivity index (χ2n) is 9.49. The largest absolute Gasteiger partial charge is 0.508 e. The highest BCUT2D eigenvalue weighted by Crippen LogP contribution is 2.59. The summed E-state index contributed by atoms with van der Waals surface area (Å²) in [6.45, 7) is 6.81. The third kappa shape index (κ3) is 2.32. The van der Waals surface area contributed by atoms with Gasteiger partial charge in [0.2, 0.25) is 0 Å². The number of ketones is 1. The van der Waals surface area contributed by atoms with Crippen molar-refractivity contribution in [2.45, 2.75) is 63.8 Å². The predicted molar refractivity (Wildman–Crippen MR) is 102 cm³/mol. The lowest BCUT2D eigenvalue weighted by Gasteiger charge is -2.62. The number of Topliss-reactive ketones (excluding diaryl/α,β-unsaturated/α-hetero) is 1. The highest BCUT2D eigenvalue weighted by atomic mass is 16.3. The number of hydrogen-bond acceptors (Lipinski definition) is 3. The monoisotopic (exact) mass is 353 g/mol. The van der Waals surface area contributed by atoms with E-state index in [-0.39, 0.29) is 11.3 Å². The average Bonchev–Trinajstić information content (AvgIpc) is 3.43.